The van der Waals surface area contributed by atoms with E-state index in [0.717, 1.165) is 5.56 Å². The van der Waals surface area contributed by atoms with Crippen LogP contribution in [-0.4, -0.2) is 46.8 Å². The standard InChI is InChI=1S/C34H32BrF6N5O4/c1-4-23-28(42)27(29-24(11-12-25(44-29)48-3)46(23)32(47)49-5-2)26(19-13-20(33(36,37)38)15-21(14-19)34(39,40)41)30-43-16-22(35)31(45-30)50-17-18-9-7-6-8-10-18/h6-16,23,26-28H,4-5,17,42H2,1-3H3. The first-order valence-corrected chi connectivity index (χ1v) is 16.2. The van der Waals surface area contributed by atoms with Gasteiger partial charge in [-0.05, 0) is 64.7 Å². The van der Waals surface area contributed by atoms with Gasteiger partial charge in [0.15, 0.2) is 0 Å². The SMILES string of the molecule is CCOC(=O)N1c2ccc(OC)nc2C(C(c2cc(C(F)(F)F)cc(C(F)(F)F)c2)c2ncc(Br)c(OCc3ccccc3)n2)C(N)C1CC. The number of halogens is 7. The summed E-state index contributed by atoms with van der Waals surface area (Å²) in [6, 6.07) is 11.3. The van der Waals surface area contributed by atoms with E-state index in [4.69, 9.17) is 19.9 Å². The fourth-order valence-electron chi connectivity index (χ4n) is 6.06. The highest BCUT2D eigenvalue weighted by molar-refractivity contribution is 9.10. The second-order valence-corrected chi connectivity index (χ2v) is 12.2. The smallest absolute Gasteiger partial charge is 0.416 e. The highest BCUT2D eigenvalue weighted by Gasteiger charge is 2.49. The number of hydrogen-bond donors (Lipinski definition) is 1. The quantitative estimate of drug-likeness (QED) is 0.170. The van der Waals surface area contributed by atoms with Gasteiger partial charge in [0, 0.05) is 24.2 Å². The van der Waals surface area contributed by atoms with Crippen LogP contribution in [-0.2, 0) is 23.7 Å². The Bertz CT molecular complexity index is 1800. The molecular formula is C34H32BrF6N5O4. The van der Waals surface area contributed by atoms with Crippen LogP contribution in [0.15, 0.2) is 71.3 Å². The summed E-state index contributed by atoms with van der Waals surface area (Å²) in [6.07, 6.45) is -9.52. The molecule has 0 aliphatic carbocycles. The maximum absolute atomic E-state index is 14.2. The number of ether oxygens (including phenoxy) is 3. The average Bonchev–Trinajstić information content (AvgIpc) is 3.08. The number of aromatic nitrogens is 3. The van der Waals surface area contributed by atoms with Crippen molar-refractivity contribution < 1.29 is 45.3 Å². The first kappa shape index (κ1) is 36.8. The van der Waals surface area contributed by atoms with E-state index >= 15 is 0 Å². The minimum Gasteiger partial charge on any atom is -0.481 e. The third-order valence-electron chi connectivity index (χ3n) is 8.29. The summed E-state index contributed by atoms with van der Waals surface area (Å²) in [5, 5.41) is 0. The molecule has 16 heteroatoms. The van der Waals surface area contributed by atoms with Crippen LogP contribution in [0.3, 0.4) is 0 Å². The van der Waals surface area contributed by atoms with E-state index in [0.29, 0.717) is 12.1 Å². The first-order valence-electron chi connectivity index (χ1n) is 15.4. The summed E-state index contributed by atoms with van der Waals surface area (Å²) in [5.74, 6) is -2.82. The molecule has 2 aromatic heterocycles. The maximum atomic E-state index is 14.2. The van der Waals surface area contributed by atoms with Crippen LogP contribution < -0.4 is 20.1 Å². The molecule has 5 rings (SSSR count). The van der Waals surface area contributed by atoms with Crippen molar-refractivity contribution >= 4 is 27.7 Å². The summed E-state index contributed by atoms with van der Waals surface area (Å²) >= 11 is 3.34. The number of fused-ring (bicyclic) bond motifs is 1. The minimum absolute atomic E-state index is 0.0183. The largest absolute Gasteiger partial charge is 0.481 e. The van der Waals surface area contributed by atoms with Crippen LogP contribution in [0.4, 0.5) is 36.8 Å². The third-order valence-corrected chi connectivity index (χ3v) is 8.83. The number of hydrogen-bond acceptors (Lipinski definition) is 8. The number of rotatable bonds is 9. The van der Waals surface area contributed by atoms with E-state index in [-0.39, 0.29) is 59.1 Å². The Labute approximate surface area is 291 Å². The Morgan fingerprint density at radius 3 is 2.22 bits per heavy atom. The van der Waals surface area contributed by atoms with Crippen molar-refractivity contribution in [2.75, 3.05) is 18.6 Å². The Hall–Kier alpha value is -4.44. The Balaban J connectivity index is 1.80. The second kappa shape index (κ2) is 14.8. The normalized spacial score (nSPS) is 18.3. The molecule has 1 aliphatic heterocycles. The van der Waals surface area contributed by atoms with E-state index < -0.39 is 59.1 Å². The molecule has 1 amide bonds. The molecule has 0 bridgehead atoms. The molecule has 0 saturated heterocycles. The molecule has 1 aliphatic rings. The van der Waals surface area contributed by atoms with Gasteiger partial charge in [-0.15, -0.1) is 0 Å². The van der Waals surface area contributed by atoms with Gasteiger partial charge in [0.2, 0.25) is 11.8 Å². The highest BCUT2D eigenvalue weighted by atomic mass is 79.9. The number of amides is 1. The zero-order valence-electron chi connectivity index (χ0n) is 26.9. The highest BCUT2D eigenvalue weighted by Crippen LogP contribution is 2.50. The van der Waals surface area contributed by atoms with Crippen molar-refractivity contribution in [2.45, 2.75) is 63.1 Å². The van der Waals surface area contributed by atoms with E-state index in [1.165, 1.54) is 30.3 Å². The fourth-order valence-corrected chi connectivity index (χ4v) is 6.37. The van der Waals surface area contributed by atoms with Crippen molar-refractivity contribution in [1.29, 1.82) is 0 Å². The summed E-state index contributed by atoms with van der Waals surface area (Å²) in [6.45, 7) is 3.42. The van der Waals surface area contributed by atoms with Gasteiger partial charge in [0.05, 0.1) is 52.7 Å². The Morgan fingerprint density at radius 2 is 1.64 bits per heavy atom. The van der Waals surface area contributed by atoms with Crippen LogP contribution in [0.25, 0.3) is 0 Å². The zero-order chi connectivity index (χ0) is 36.4. The van der Waals surface area contributed by atoms with Crippen LogP contribution in [0.2, 0.25) is 0 Å². The summed E-state index contributed by atoms with van der Waals surface area (Å²) in [5.41, 5.74) is 4.44. The van der Waals surface area contributed by atoms with Crippen LogP contribution in [0.5, 0.6) is 11.8 Å². The van der Waals surface area contributed by atoms with E-state index in [1.54, 1.807) is 38.1 Å². The molecule has 4 atom stereocenters. The fraction of sp³-hybridized carbons (Fsp3) is 0.353. The van der Waals surface area contributed by atoms with Crippen molar-refractivity contribution in [3.63, 3.8) is 0 Å². The van der Waals surface area contributed by atoms with Crippen LogP contribution in [0.1, 0.15) is 65.9 Å². The summed E-state index contributed by atoms with van der Waals surface area (Å²) < 4.78 is 102. The van der Waals surface area contributed by atoms with Crippen molar-refractivity contribution in [3.05, 3.63) is 105 Å². The molecule has 0 saturated carbocycles. The monoisotopic (exact) mass is 767 g/mol. The molecule has 50 heavy (non-hydrogen) atoms. The van der Waals surface area contributed by atoms with Crippen LogP contribution >= 0.6 is 15.9 Å². The first-order chi connectivity index (χ1) is 23.7. The molecule has 0 radical (unpaired) electrons. The lowest BCUT2D eigenvalue weighted by atomic mass is 9.72. The third kappa shape index (κ3) is 7.65. The number of alkyl halides is 6. The van der Waals surface area contributed by atoms with Gasteiger partial charge >= 0.3 is 18.4 Å². The number of methoxy groups -OCH3 is 1. The molecule has 3 heterocycles. The van der Waals surface area contributed by atoms with Gasteiger partial charge in [-0.3, -0.25) is 4.90 Å². The lowest BCUT2D eigenvalue weighted by molar-refractivity contribution is -0.143. The zero-order valence-corrected chi connectivity index (χ0v) is 28.5. The van der Waals surface area contributed by atoms with E-state index in [9.17, 15) is 31.1 Å². The molecule has 4 unspecified atom stereocenters. The number of nitrogens with zero attached hydrogens (tertiary/aromatic N) is 4. The molecule has 2 aromatic carbocycles. The van der Waals surface area contributed by atoms with E-state index in [2.05, 4.69) is 30.9 Å². The number of benzene rings is 2. The maximum Gasteiger partial charge on any atom is 0.416 e. The molecule has 2 N–H and O–H groups in total. The summed E-state index contributed by atoms with van der Waals surface area (Å²) in [7, 11) is 1.33. The number of anilines is 1. The summed E-state index contributed by atoms with van der Waals surface area (Å²) in [4.78, 5) is 28.1. The number of carbonyl (C=O) groups is 1. The van der Waals surface area contributed by atoms with E-state index in [1.807, 2.05) is 6.07 Å². The minimum atomic E-state index is -5.15. The predicted molar refractivity (Wildman–Crippen MR) is 174 cm³/mol. The molecule has 0 fully saturated rings. The number of nitrogens with two attached hydrogens (primary N) is 1. The topological polar surface area (TPSA) is 113 Å². The average molecular weight is 769 g/mol. The van der Waals surface area contributed by atoms with Gasteiger partial charge in [0.25, 0.3) is 0 Å². The number of pyridine rings is 1. The molecule has 0 spiro atoms. The van der Waals surface area contributed by atoms with Gasteiger partial charge in [-0.2, -0.15) is 31.3 Å². The second-order valence-electron chi connectivity index (χ2n) is 11.4. The lowest BCUT2D eigenvalue weighted by Crippen LogP contribution is -2.57. The molecular weight excluding hydrogens is 736 g/mol. The van der Waals surface area contributed by atoms with Gasteiger partial charge in [-0.1, -0.05) is 37.3 Å². The van der Waals surface area contributed by atoms with Crippen molar-refractivity contribution in [2.24, 2.45) is 5.73 Å². The molecule has 266 valence electrons. The molecule has 4 aromatic rings. The number of carbonyl (C=O) groups excluding carboxylic acids is 1. The van der Waals surface area contributed by atoms with Gasteiger partial charge < -0.3 is 19.9 Å². The van der Waals surface area contributed by atoms with Crippen LogP contribution in [0, 0.1) is 0 Å². The Morgan fingerprint density at radius 1 is 0.980 bits per heavy atom. The predicted octanol–water partition coefficient (Wildman–Crippen LogP) is 8.26. The Kier molecular flexibility index (Phi) is 10.9. The van der Waals surface area contributed by atoms with Crippen molar-refractivity contribution in [1.82, 2.24) is 15.0 Å². The van der Waals surface area contributed by atoms with Crippen molar-refractivity contribution in [3.8, 4) is 11.8 Å². The molecule has 9 nitrogen and oxygen atoms in total. The van der Waals surface area contributed by atoms with Gasteiger partial charge in [0.1, 0.15) is 12.4 Å². The van der Waals surface area contributed by atoms with Gasteiger partial charge in [-0.25, -0.2) is 14.8 Å². The lowest BCUT2D eigenvalue weighted by Gasteiger charge is -2.45.